The van der Waals surface area contributed by atoms with E-state index in [0.717, 1.165) is 12.8 Å². The van der Waals surface area contributed by atoms with E-state index in [0.29, 0.717) is 24.9 Å². The minimum Gasteiger partial charge on any atom is -0.396 e. The van der Waals surface area contributed by atoms with Gasteiger partial charge in [0.05, 0.1) is 12.0 Å². The molecule has 0 atom stereocenters. The molecule has 19 heavy (non-hydrogen) atoms. The van der Waals surface area contributed by atoms with E-state index < -0.39 is 5.41 Å². The van der Waals surface area contributed by atoms with E-state index in [1.165, 1.54) is 6.07 Å². The molecule has 3 rings (SSSR count). The zero-order chi connectivity index (χ0) is 13.5. The molecule has 2 N–H and O–H groups in total. The summed E-state index contributed by atoms with van der Waals surface area (Å²) in [6.07, 6.45) is 3.31. The molecule has 0 aliphatic heterocycles. The molecule has 0 bridgehead atoms. The first-order valence-corrected chi connectivity index (χ1v) is 6.76. The van der Waals surface area contributed by atoms with Crippen molar-refractivity contribution in [3.05, 3.63) is 35.6 Å². The Kier molecular flexibility index (Phi) is 2.86. The molecule has 4 heteroatoms. The Hall–Kier alpha value is -1.42. The number of benzene rings is 1. The fourth-order valence-electron chi connectivity index (χ4n) is 2.60. The van der Waals surface area contributed by atoms with Crippen LogP contribution in [0.25, 0.3) is 0 Å². The van der Waals surface area contributed by atoms with Crippen molar-refractivity contribution in [3.8, 4) is 0 Å². The van der Waals surface area contributed by atoms with Crippen molar-refractivity contribution in [1.29, 1.82) is 0 Å². The third-order valence-corrected chi connectivity index (χ3v) is 4.49. The average molecular weight is 263 g/mol. The molecular weight excluding hydrogens is 245 g/mol. The molecule has 3 nitrogen and oxygen atoms in total. The molecule has 0 unspecified atom stereocenters. The monoisotopic (exact) mass is 263 g/mol. The van der Waals surface area contributed by atoms with Gasteiger partial charge >= 0.3 is 0 Å². The predicted molar refractivity (Wildman–Crippen MR) is 69.1 cm³/mol. The van der Waals surface area contributed by atoms with Crippen LogP contribution in [-0.4, -0.2) is 24.2 Å². The highest BCUT2D eigenvalue weighted by molar-refractivity contribution is 5.91. The third-order valence-electron chi connectivity index (χ3n) is 4.49. The van der Waals surface area contributed by atoms with E-state index in [-0.39, 0.29) is 23.7 Å². The number of hydrogen-bond acceptors (Lipinski definition) is 2. The van der Waals surface area contributed by atoms with Gasteiger partial charge in [0.2, 0.25) is 5.91 Å². The lowest BCUT2D eigenvalue weighted by Gasteiger charge is -2.19. The Morgan fingerprint density at radius 2 is 1.95 bits per heavy atom. The number of nitrogens with one attached hydrogen (secondary N) is 1. The summed E-state index contributed by atoms with van der Waals surface area (Å²) in [7, 11) is 0. The predicted octanol–water partition coefficient (Wildman–Crippen LogP) is 1.75. The summed E-state index contributed by atoms with van der Waals surface area (Å²) in [5.41, 5.74) is -0.279. The second kappa shape index (κ2) is 4.30. The summed E-state index contributed by atoms with van der Waals surface area (Å²) >= 11 is 0. The molecule has 0 aromatic heterocycles. The number of rotatable bonds is 5. The van der Waals surface area contributed by atoms with Crippen molar-refractivity contribution >= 4 is 5.91 Å². The minimum absolute atomic E-state index is 0.0997. The van der Waals surface area contributed by atoms with Gasteiger partial charge in [0.15, 0.2) is 0 Å². The van der Waals surface area contributed by atoms with Crippen LogP contribution in [0.4, 0.5) is 4.39 Å². The van der Waals surface area contributed by atoms with Gasteiger partial charge in [0.1, 0.15) is 5.82 Å². The second-order valence-electron chi connectivity index (χ2n) is 5.90. The Labute approximate surface area is 111 Å². The van der Waals surface area contributed by atoms with E-state index in [9.17, 15) is 14.3 Å². The maximum absolute atomic E-state index is 13.8. The van der Waals surface area contributed by atoms with Crippen LogP contribution in [0.5, 0.6) is 0 Å². The van der Waals surface area contributed by atoms with Gasteiger partial charge in [0, 0.05) is 17.5 Å². The molecule has 2 saturated carbocycles. The lowest BCUT2D eigenvalue weighted by atomic mass is 9.94. The van der Waals surface area contributed by atoms with Crippen molar-refractivity contribution in [1.82, 2.24) is 5.32 Å². The first-order valence-electron chi connectivity index (χ1n) is 6.76. The van der Waals surface area contributed by atoms with Gasteiger partial charge in [0.25, 0.3) is 0 Å². The summed E-state index contributed by atoms with van der Waals surface area (Å²) in [6.45, 7) is 0.610. The van der Waals surface area contributed by atoms with Gasteiger partial charge < -0.3 is 10.4 Å². The smallest absolute Gasteiger partial charge is 0.230 e. The van der Waals surface area contributed by atoms with E-state index in [1.807, 2.05) is 0 Å². The zero-order valence-corrected chi connectivity index (χ0v) is 10.8. The van der Waals surface area contributed by atoms with Crippen molar-refractivity contribution in [2.24, 2.45) is 5.41 Å². The van der Waals surface area contributed by atoms with Crippen LogP contribution in [-0.2, 0) is 10.2 Å². The van der Waals surface area contributed by atoms with Crippen molar-refractivity contribution < 1.29 is 14.3 Å². The highest BCUT2D eigenvalue weighted by atomic mass is 19.1. The largest absolute Gasteiger partial charge is 0.396 e. The maximum atomic E-state index is 13.8. The number of aliphatic hydroxyl groups excluding tert-OH is 1. The molecule has 1 amide bonds. The van der Waals surface area contributed by atoms with Gasteiger partial charge in [-0.2, -0.15) is 0 Å². The molecule has 102 valence electrons. The van der Waals surface area contributed by atoms with Crippen LogP contribution in [0.3, 0.4) is 0 Å². The summed E-state index contributed by atoms with van der Waals surface area (Å²) in [5, 5.41) is 12.1. The fourth-order valence-corrected chi connectivity index (χ4v) is 2.60. The Bertz CT molecular complexity index is 507. The molecule has 1 aromatic carbocycles. The minimum atomic E-state index is -0.670. The lowest BCUT2D eigenvalue weighted by molar-refractivity contribution is -0.124. The van der Waals surface area contributed by atoms with Crippen LogP contribution in [0.2, 0.25) is 0 Å². The molecule has 2 aliphatic carbocycles. The van der Waals surface area contributed by atoms with E-state index in [2.05, 4.69) is 5.32 Å². The standard InChI is InChI=1S/C15H18FNO2/c16-12-4-2-1-3-11(12)15(7-8-15)13(19)17-9-14(10-18)5-6-14/h1-4,18H,5-10H2,(H,17,19). The number of carbonyl (C=O) groups excluding carboxylic acids is 1. The fraction of sp³-hybridized carbons (Fsp3) is 0.533. The van der Waals surface area contributed by atoms with Gasteiger partial charge in [-0.25, -0.2) is 4.39 Å². The number of hydrogen-bond donors (Lipinski definition) is 2. The molecule has 0 spiro atoms. The second-order valence-corrected chi connectivity index (χ2v) is 5.90. The third kappa shape index (κ3) is 2.14. The first-order chi connectivity index (χ1) is 9.12. The highest BCUT2D eigenvalue weighted by Gasteiger charge is 2.53. The van der Waals surface area contributed by atoms with E-state index >= 15 is 0 Å². The summed E-state index contributed by atoms with van der Waals surface area (Å²) in [5.74, 6) is -0.407. The summed E-state index contributed by atoms with van der Waals surface area (Å²) < 4.78 is 13.8. The van der Waals surface area contributed by atoms with Gasteiger partial charge in [-0.3, -0.25) is 4.79 Å². The van der Waals surface area contributed by atoms with Gasteiger partial charge in [-0.15, -0.1) is 0 Å². The molecule has 0 saturated heterocycles. The SMILES string of the molecule is O=C(NCC1(CO)CC1)C1(c2ccccc2F)CC1. The number of halogens is 1. The van der Waals surface area contributed by atoms with Crippen molar-refractivity contribution in [2.45, 2.75) is 31.1 Å². The molecule has 2 aliphatic rings. The Morgan fingerprint density at radius 3 is 2.47 bits per heavy atom. The number of aliphatic hydroxyl groups is 1. The quantitative estimate of drug-likeness (QED) is 0.850. The number of amides is 1. The Balaban J connectivity index is 1.71. The first kappa shape index (κ1) is 12.6. The lowest BCUT2D eigenvalue weighted by Crippen LogP contribution is -2.39. The summed E-state index contributed by atoms with van der Waals surface area (Å²) in [6, 6.07) is 6.50. The van der Waals surface area contributed by atoms with Crippen molar-refractivity contribution in [2.75, 3.05) is 13.2 Å². The van der Waals surface area contributed by atoms with Crippen LogP contribution < -0.4 is 5.32 Å². The van der Waals surface area contributed by atoms with Crippen LogP contribution in [0, 0.1) is 11.2 Å². The topological polar surface area (TPSA) is 49.3 Å². The molecule has 1 aromatic rings. The van der Waals surface area contributed by atoms with E-state index in [4.69, 9.17) is 0 Å². The van der Waals surface area contributed by atoms with Gasteiger partial charge in [-0.05, 0) is 31.7 Å². The van der Waals surface area contributed by atoms with Crippen molar-refractivity contribution in [3.63, 3.8) is 0 Å². The maximum Gasteiger partial charge on any atom is 0.230 e. The molecular formula is C15H18FNO2. The van der Waals surface area contributed by atoms with Crippen LogP contribution >= 0.6 is 0 Å². The molecule has 2 fully saturated rings. The van der Waals surface area contributed by atoms with Crippen LogP contribution in [0.15, 0.2) is 24.3 Å². The van der Waals surface area contributed by atoms with Crippen LogP contribution in [0.1, 0.15) is 31.2 Å². The van der Waals surface area contributed by atoms with Gasteiger partial charge in [-0.1, -0.05) is 18.2 Å². The highest BCUT2D eigenvalue weighted by Crippen LogP contribution is 2.50. The normalized spacial score (nSPS) is 21.8. The number of carbonyl (C=O) groups is 1. The molecule has 0 heterocycles. The Morgan fingerprint density at radius 1 is 1.26 bits per heavy atom. The average Bonchev–Trinajstić information content (AvgIpc) is 3.32. The van der Waals surface area contributed by atoms with E-state index in [1.54, 1.807) is 18.2 Å². The zero-order valence-electron chi connectivity index (χ0n) is 10.8. The molecule has 0 radical (unpaired) electrons. The summed E-state index contributed by atoms with van der Waals surface area (Å²) in [4.78, 5) is 12.3.